The van der Waals surface area contributed by atoms with Crippen molar-refractivity contribution in [1.82, 2.24) is 4.47 Å². The van der Waals surface area contributed by atoms with E-state index in [-0.39, 0.29) is 17.2 Å². The van der Waals surface area contributed by atoms with E-state index >= 15 is 0 Å². The quantitative estimate of drug-likeness (QED) is 0.823. The van der Waals surface area contributed by atoms with E-state index in [9.17, 15) is 13.6 Å². The summed E-state index contributed by atoms with van der Waals surface area (Å²) >= 11 is 11.5. The highest BCUT2D eigenvalue weighted by molar-refractivity contribution is 7.89. The number of alkyl halides is 1. The summed E-state index contributed by atoms with van der Waals surface area (Å²) in [7, 11) is -3.92. The molecule has 0 radical (unpaired) electrons. The number of benzene rings is 1. The molecule has 1 aromatic rings. The summed E-state index contributed by atoms with van der Waals surface area (Å²) in [5.74, 6) is 0.221. The van der Waals surface area contributed by atoms with Crippen LogP contribution in [0, 0.1) is 6.92 Å². The van der Waals surface area contributed by atoms with Crippen LogP contribution >= 0.6 is 23.2 Å². The van der Waals surface area contributed by atoms with E-state index in [0.717, 1.165) is 0 Å². The molecule has 0 spiro atoms. The summed E-state index contributed by atoms with van der Waals surface area (Å²) < 4.78 is 24.5. The smallest absolute Gasteiger partial charge is 0.268 e. The highest BCUT2D eigenvalue weighted by atomic mass is 35.5. The van der Waals surface area contributed by atoms with Crippen molar-refractivity contribution < 1.29 is 13.6 Å². The first-order chi connectivity index (χ1) is 8.37. The van der Waals surface area contributed by atoms with Crippen LogP contribution in [0.25, 0.3) is 0 Å². The summed E-state index contributed by atoms with van der Waals surface area (Å²) in [4.78, 5) is 0.0118. The van der Waals surface area contributed by atoms with Crippen LogP contribution < -0.4 is 5.32 Å². The number of nitrogens with one attached hydrogen (secondary N) is 1. The molecule has 0 saturated heterocycles. The van der Waals surface area contributed by atoms with Crippen LogP contribution in [0.1, 0.15) is 12.0 Å². The van der Waals surface area contributed by atoms with Crippen LogP contribution in [-0.2, 0) is 10.0 Å². The molecule has 0 amide bonds. The first kappa shape index (κ1) is 13.9. The minimum Gasteiger partial charge on any atom is -0.366 e. The molecule has 1 unspecified atom stereocenters. The molecule has 0 bridgehead atoms. The van der Waals surface area contributed by atoms with Crippen molar-refractivity contribution in [3.05, 3.63) is 22.7 Å². The number of halogens is 2. The fourth-order valence-corrected chi connectivity index (χ4v) is 3.56. The molecular formula is C10H12Cl2N2O3S. The largest absolute Gasteiger partial charge is 0.366 e. The molecule has 1 aliphatic rings. The van der Waals surface area contributed by atoms with Crippen molar-refractivity contribution in [2.45, 2.75) is 24.4 Å². The van der Waals surface area contributed by atoms with Gasteiger partial charge in [0.05, 0.1) is 5.69 Å². The lowest BCUT2D eigenvalue weighted by Gasteiger charge is -2.32. The third-order valence-corrected chi connectivity index (χ3v) is 5.02. The third kappa shape index (κ3) is 2.19. The number of sulfonamides is 1. The standard InChI is InChI=1S/C10H12Cl2N2O3S/c1-6-4-9-8(5-7(6)12)13-10(2-3-11)14(15)18(9,16)17/h4-5,10,13,15H,2-3H2,1H3. The maximum atomic E-state index is 12.1. The molecule has 8 heteroatoms. The predicted molar refractivity (Wildman–Crippen MR) is 69.7 cm³/mol. The van der Waals surface area contributed by atoms with Crippen molar-refractivity contribution in [3.8, 4) is 0 Å². The van der Waals surface area contributed by atoms with Gasteiger partial charge in [-0.05, 0) is 31.0 Å². The molecule has 0 aliphatic carbocycles. The van der Waals surface area contributed by atoms with Crippen molar-refractivity contribution >= 4 is 38.9 Å². The topological polar surface area (TPSA) is 69.6 Å². The van der Waals surface area contributed by atoms with Gasteiger partial charge in [-0.2, -0.15) is 0 Å². The molecule has 18 heavy (non-hydrogen) atoms. The van der Waals surface area contributed by atoms with Gasteiger partial charge in [-0.25, -0.2) is 8.42 Å². The Morgan fingerprint density at radius 2 is 2.17 bits per heavy atom. The van der Waals surface area contributed by atoms with E-state index < -0.39 is 16.2 Å². The Morgan fingerprint density at radius 1 is 1.50 bits per heavy atom. The second-order valence-corrected chi connectivity index (χ2v) is 6.56. The van der Waals surface area contributed by atoms with Gasteiger partial charge in [0.1, 0.15) is 11.1 Å². The summed E-state index contributed by atoms with van der Waals surface area (Å²) in [6, 6.07) is 2.97. The van der Waals surface area contributed by atoms with Gasteiger partial charge in [-0.3, -0.25) is 5.21 Å². The number of rotatable bonds is 2. The fourth-order valence-electron chi connectivity index (χ4n) is 1.77. The summed E-state index contributed by atoms with van der Waals surface area (Å²) in [6.45, 7) is 1.70. The highest BCUT2D eigenvalue weighted by Crippen LogP contribution is 2.35. The van der Waals surface area contributed by atoms with Crippen LogP contribution in [0.5, 0.6) is 0 Å². The van der Waals surface area contributed by atoms with Crippen LogP contribution in [0.2, 0.25) is 5.02 Å². The number of hydrogen-bond donors (Lipinski definition) is 2. The van der Waals surface area contributed by atoms with Crippen molar-refractivity contribution in [2.75, 3.05) is 11.2 Å². The first-order valence-electron chi connectivity index (χ1n) is 5.24. The summed E-state index contributed by atoms with van der Waals surface area (Å²) in [6.07, 6.45) is -0.499. The van der Waals surface area contributed by atoms with Crippen LogP contribution in [-0.4, -0.2) is 30.1 Å². The number of hydrogen-bond acceptors (Lipinski definition) is 4. The first-order valence-corrected chi connectivity index (χ1v) is 7.59. The monoisotopic (exact) mass is 310 g/mol. The van der Waals surface area contributed by atoms with Crippen LogP contribution in [0.15, 0.2) is 17.0 Å². The van der Waals surface area contributed by atoms with E-state index in [1.54, 1.807) is 6.92 Å². The van der Waals surface area contributed by atoms with Gasteiger partial charge in [-0.15, -0.1) is 11.6 Å². The molecule has 1 heterocycles. The van der Waals surface area contributed by atoms with Crippen LogP contribution in [0.3, 0.4) is 0 Å². The number of nitrogens with zero attached hydrogens (tertiary/aromatic N) is 1. The minimum atomic E-state index is -3.92. The Hall–Kier alpha value is -0.530. The average molecular weight is 311 g/mol. The number of aryl methyl sites for hydroxylation is 1. The Balaban J connectivity index is 2.57. The zero-order valence-electron chi connectivity index (χ0n) is 9.52. The molecule has 2 N–H and O–H groups in total. The minimum absolute atomic E-state index is 0.0118. The van der Waals surface area contributed by atoms with E-state index in [4.69, 9.17) is 23.2 Å². The zero-order chi connectivity index (χ0) is 13.5. The van der Waals surface area contributed by atoms with Crippen molar-refractivity contribution in [2.24, 2.45) is 0 Å². The Kier molecular flexibility index (Phi) is 3.75. The molecule has 1 aromatic carbocycles. The van der Waals surface area contributed by atoms with E-state index in [1.807, 2.05) is 0 Å². The van der Waals surface area contributed by atoms with E-state index in [0.29, 0.717) is 20.7 Å². The molecular weight excluding hydrogens is 299 g/mol. The molecule has 2 rings (SSSR count). The summed E-state index contributed by atoms with van der Waals surface area (Å²) in [5.41, 5.74) is 1.01. The summed E-state index contributed by atoms with van der Waals surface area (Å²) in [5, 5.41) is 13.1. The maximum absolute atomic E-state index is 12.1. The van der Waals surface area contributed by atoms with Gasteiger partial charge in [0.25, 0.3) is 10.0 Å². The Labute approximate surface area is 115 Å². The van der Waals surface area contributed by atoms with Crippen LogP contribution in [0.4, 0.5) is 5.69 Å². The maximum Gasteiger partial charge on any atom is 0.268 e. The van der Waals surface area contributed by atoms with Gasteiger partial charge in [0.2, 0.25) is 0 Å². The highest BCUT2D eigenvalue weighted by Gasteiger charge is 2.37. The van der Waals surface area contributed by atoms with Gasteiger partial charge in [0.15, 0.2) is 0 Å². The fraction of sp³-hybridized carbons (Fsp3) is 0.400. The average Bonchev–Trinajstić information content (AvgIpc) is 2.30. The molecule has 0 saturated carbocycles. The lowest BCUT2D eigenvalue weighted by molar-refractivity contribution is -0.0296. The van der Waals surface area contributed by atoms with Gasteiger partial charge in [0, 0.05) is 10.9 Å². The second kappa shape index (κ2) is 4.86. The third-order valence-electron chi connectivity index (χ3n) is 2.76. The predicted octanol–water partition coefficient (Wildman–Crippen LogP) is 2.41. The number of anilines is 1. The van der Waals surface area contributed by atoms with Gasteiger partial charge in [-0.1, -0.05) is 16.1 Å². The lowest BCUT2D eigenvalue weighted by atomic mass is 10.2. The zero-order valence-corrected chi connectivity index (χ0v) is 11.8. The van der Waals surface area contributed by atoms with Gasteiger partial charge < -0.3 is 5.32 Å². The molecule has 100 valence electrons. The van der Waals surface area contributed by atoms with Gasteiger partial charge >= 0.3 is 0 Å². The normalized spacial score (nSPS) is 22.3. The van der Waals surface area contributed by atoms with E-state index in [1.165, 1.54) is 12.1 Å². The second-order valence-electron chi connectivity index (χ2n) is 4.01. The van der Waals surface area contributed by atoms with Crippen molar-refractivity contribution in [1.29, 1.82) is 0 Å². The Morgan fingerprint density at radius 3 is 2.78 bits per heavy atom. The SMILES string of the molecule is Cc1cc2c(cc1Cl)NC(CCCl)N(O)S2(=O)=O. The number of fused-ring (bicyclic) bond motifs is 1. The van der Waals surface area contributed by atoms with Crippen molar-refractivity contribution in [3.63, 3.8) is 0 Å². The molecule has 1 aliphatic heterocycles. The number of hydroxylamine groups is 1. The lowest BCUT2D eigenvalue weighted by Crippen LogP contribution is -2.46. The molecule has 5 nitrogen and oxygen atoms in total. The molecule has 0 aromatic heterocycles. The molecule has 0 fully saturated rings. The Bertz CT molecular complexity index is 577. The molecule has 1 atom stereocenters. The van der Waals surface area contributed by atoms with E-state index in [2.05, 4.69) is 5.32 Å².